The van der Waals surface area contributed by atoms with Gasteiger partial charge in [0.2, 0.25) is 10.0 Å². The minimum absolute atomic E-state index is 0.0753. The molecule has 6 nitrogen and oxygen atoms in total. The third-order valence-corrected chi connectivity index (χ3v) is 4.05. The number of hydrogen-bond acceptors (Lipinski definition) is 5. The highest BCUT2D eigenvalue weighted by atomic mass is 35.5. The minimum Gasteiger partial charge on any atom is -0.397 e. The van der Waals surface area contributed by atoms with E-state index in [1.165, 1.54) is 18.2 Å². The van der Waals surface area contributed by atoms with Gasteiger partial charge in [-0.25, -0.2) is 13.1 Å². The topological polar surface area (TPSA) is 90.6 Å². The van der Waals surface area contributed by atoms with Crippen molar-refractivity contribution in [3.63, 3.8) is 0 Å². The van der Waals surface area contributed by atoms with E-state index in [1.54, 1.807) is 7.11 Å². The van der Waals surface area contributed by atoms with Gasteiger partial charge in [-0.15, -0.1) is 0 Å². The number of ether oxygens (including phenoxy) is 2. The number of nitrogens with two attached hydrogens (primary N) is 1. The Balaban J connectivity index is 2.49. The molecule has 108 valence electrons. The molecule has 0 fully saturated rings. The third-order valence-electron chi connectivity index (χ3n) is 2.25. The molecule has 0 aromatic heterocycles. The molecule has 0 amide bonds. The van der Waals surface area contributed by atoms with Crippen molar-refractivity contribution in [3.8, 4) is 0 Å². The number of nitrogen functional groups attached to an aromatic ring is 1. The summed E-state index contributed by atoms with van der Waals surface area (Å²) in [4.78, 5) is 0.0753. The van der Waals surface area contributed by atoms with Gasteiger partial charge in [-0.2, -0.15) is 0 Å². The van der Waals surface area contributed by atoms with Crippen molar-refractivity contribution >= 4 is 27.3 Å². The van der Waals surface area contributed by atoms with Gasteiger partial charge in [-0.1, -0.05) is 11.6 Å². The standard InChI is InChI=1S/C11H17ClN2O4S/c1-17-6-7-18-5-4-14-19(15,16)9-2-3-10(12)11(13)8-9/h2-3,8,14H,4-7,13H2,1H3. The Hall–Kier alpha value is -0.860. The summed E-state index contributed by atoms with van der Waals surface area (Å²) in [5, 5.41) is 0.321. The molecular formula is C11H17ClN2O4S. The van der Waals surface area contributed by atoms with Crippen LogP contribution >= 0.6 is 11.6 Å². The normalized spacial score (nSPS) is 11.7. The lowest BCUT2D eigenvalue weighted by atomic mass is 10.3. The van der Waals surface area contributed by atoms with E-state index >= 15 is 0 Å². The zero-order valence-electron chi connectivity index (χ0n) is 10.6. The van der Waals surface area contributed by atoms with Gasteiger partial charge in [-0.05, 0) is 18.2 Å². The number of methoxy groups -OCH3 is 1. The highest BCUT2D eigenvalue weighted by Gasteiger charge is 2.14. The fourth-order valence-electron chi connectivity index (χ4n) is 1.26. The molecule has 8 heteroatoms. The quantitative estimate of drug-likeness (QED) is 0.549. The van der Waals surface area contributed by atoms with E-state index < -0.39 is 10.0 Å². The highest BCUT2D eigenvalue weighted by Crippen LogP contribution is 2.21. The summed E-state index contributed by atoms with van der Waals surface area (Å²) in [7, 11) is -2.03. The molecule has 1 aromatic carbocycles. The van der Waals surface area contributed by atoms with Crippen molar-refractivity contribution < 1.29 is 17.9 Å². The molecule has 0 aliphatic heterocycles. The van der Waals surface area contributed by atoms with Gasteiger partial charge in [0, 0.05) is 13.7 Å². The monoisotopic (exact) mass is 308 g/mol. The van der Waals surface area contributed by atoms with Crippen LogP contribution in [-0.2, 0) is 19.5 Å². The Bertz CT molecular complexity index is 507. The van der Waals surface area contributed by atoms with Crippen LogP contribution in [0.15, 0.2) is 23.1 Å². The Kier molecular flexibility index (Phi) is 6.53. The van der Waals surface area contributed by atoms with Crippen LogP contribution in [-0.4, -0.2) is 41.9 Å². The molecule has 0 heterocycles. The predicted molar refractivity (Wildman–Crippen MR) is 73.7 cm³/mol. The smallest absolute Gasteiger partial charge is 0.240 e. The Labute approximate surface area is 117 Å². The van der Waals surface area contributed by atoms with Crippen molar-refractivity contribution in [2.24, 2.45) is 0 Å². The fourth-order valence-corrected chi connectivity index (χ4v) is 2.43. The van der Waals surface area contributed by atoms with Crippen LogP contribution in [0.5, 0.6) is 0 Å². The second-order valence-corrected chi connectivity index (χ2v) is 5.86. The lowest BCUT2D eigenvalue weighted by Gasteiger charge is -2.08. The zero-order chi connectivity index (χ0) is 14.3. The Morgan fingerprint density at radius 1 is 1.32 bits per heavy atom. The second-order valence-electron chi connectivity index (χ2n) is 3.69. The number of nitrogens with one attached hydrogen (secondary N) is 1. The van der Waals surface area contributed by atoms with E-state index in [2.05, 4.69) is 4.72 Å². The summed E-state index contributed by atoms with van der Waals surface area (Å²) in [6, 6.07) is 4.16. The summed E-state index contributed by atoms with van der Waals surface area (Å²) >= 11 is 5.73. The maximum Gasteiger partial charge on any atom is 0.240 e. The summed E-state index contributed by atoms with van der Waals surface area (Å²) in [6.45, 7) is 1.34. The van der Waals surface area contributed by atoms with Crippen LogP contribution in [0.25, 0.3) is 0 Å². The molecule has 0 saturated carbocycles. The maximum absolute atomic E-state index is 11.9. The molecular weight excluding hydrogens is 292 g/mol. The number of halogens is 1. The summed E-state index contributed by atoms with van der Waals surface area (Å²) in [5.74, 6) is 0. The summed E-state index contributed by atoms with van der Waals surface area (Å²) < 4.78 is 36.1. The summed E-state index contributed by atoms with van der Waals surface area (Å²) in [6.07, 6.45) is 0. The second kappa shape index (κ2) is 7.66. The molecule has 0 unspecified atom stereocenters. The lowest BCUT2D eigenvalue weighted by molar-refractivity contribution is 0.0736. The van der Waals surface area contributed by atoms with Crippen molar-refractivity contribution in [1.82, 2.24) is 4.72 Å². The van der Waals surface area contributed by atoms with Gasteiger partial charge in [0.25, 0.3) is 0 Å². The van der Waals surface area contributed by atoms with Crippen molar-refractivity contribution in [2.45, 2.75) is 4.90 Å². The highest BCUT2D eigenvalue weighted by molar-refractivity contribution is 7.89. The number of rotatable bonds is 8. The van der Waals surface area contributed by atoms with Crippen LogP contribution in [0.3, 0.4) is 0 Å². The van der Waals surface area contributed by atoms with Gasteiger partial charge in [0.05, 0.1) is 35.4 Å². The van der Waals surface area contributed by atoms with Crippen LogP contribution < -0.4 is 10.5 Å². The molecule has 0 aliphatic carbocycles. The molecule has 1 aromatic rings. The first-order chi connectivity index (χ1) is 8.97. The number of sulfonamides is 1. The molecule has 3 N–H and O–H groups in total. The first kappa shape index (κ1) is 16.2. The van der Waals surface area contributed by atoms with Gasteiger partial charge < -0.3 is 15.2 Å². The molecule has 0 aliphatic rings. The number of anilines is 1. The van der Waals surface area contributed by atoms with Crippen molar-refractivity contribution in [3.05, 3.63) is 23.2 Å². The molecule has 0 spiro atoms. The average molecular weight is 309 g/mol. The van der Waals surface area contributed by atoms with E-state index in [4.69, 9.17) is 26.8 Å². The van der Waals surface area contributed by atoms with E-state index in [0.29, 0.717) is 18.2 Å². The minimum atomic E-state index is -3.59. The van der Waals surface area contributed by atoms with E-state index in [1.807, 2.05) is 0 Å². The first-order valence-electron chi connectivity index (χ1n) is 5.59. The van der Waals surface area contributed by atoms with E-state index in [-0.39, 0.29) is 23.7 Å². The van der Waals surface area contributed by atoms with Crippen LogP contribution in [0.4, 0.5) is 5.69 Å². The summed E-state index contributed by atoms with van der Waals surface area (Å²) in [5.41, 5.74) is 5.79. The largest absolute Gasteiger partial charge is 0.397 e. The molecule has 1 rings (SSSR count). The molecule has 0 radical (unpaired) electrons. The van der Waals surface area contributed by atoms with Crippen LogP contribution in [0.1, 0.15) is 0 Å². The zero-order valence-corrected chi connectivity index (χ0v) is 12.1. The number of hydrogen-bond donors (Lipinski definition) is 2. The molecule has 0 atom stereocenters. The van der Waals surface area contributed by atoms with Gasteiger partial charge in [0.1, 0.15) is 0 Å². The van der Waals surface area contributed by atoms with Crippen molar-refractivity contribution in [2.75, 3.05) is 39.2 Å². The van der Waals surface area contributed by atoms with Crippen LogP contribution in [0.2, 0.25) is 5.02 Å². The Morgan fingerprint density at radius 2 is 2.05 bits per heavy atom. The SMILES string of the molecule is COCCOCCNS(=O)(=O)c1ccc(Cl)c(N)c1. The van der Waals surface area contributed by atoms with Gasteiger partial charge >= 0.3 is 0 Å². The molecule has 19 heavy (non-hydrogen) atoms. The van der Waals surface area contributed by atoms with Gasteiger partial charge in [0.15, 0.2) is 0 Å². The van der Waals surface area contributed by atoms with Crippen LogP contribution in [0, 0.1) is 0 Å². The van der Waals surface area contributed by atoms with E-state index in [0.717, 1.165) is 0 Å². The van der Waals surface area contributed by atoms with Gasteiger partial charge in [-0.3, -0.25) is 0 Å². The lowest BCUT2D eigenvalue weighted by Crippen LogP contribution is -2.27. The Morgan fingerprint density at radius 3 is 2.68 bits per heavy atom. The average Bonchev–Trinajstić information content (AvgIpc) is 2.36. The third kappa shape index (κ3) is 5.33. The first-order valence-corrected chi connectivity index (χ1v) is 7.45. The van der Waals surface area contributed by atoms with E-state index in [9.17, 15) is 8.42 Å². The predicted octanol–water partition coefficient (Wildman–Crippen LogP) is 0.864. The van der Waals surface area contributed by atoms with Crippen molar-refractivity contribution in [1.29, 1.82) is 0 Å². The maximum atomic E-state index is 11.9. The molecule has 0 bridgehead atoms. The number of benzene rings is 1. The fraction of sp³-hybridized carbons (Fsp3) is 0.455. The molecule has 0 saturated heterocycles.